The second-order valence-corrected chi connectivity index (χ2v) is 12.1. The standard InChI is InChI=1S/C35H68O5/c1-4-6-8-10-12-14-16-18-20-22-24-26-28-30-33(36)39-32(3)35(38)40-34(37)31-29-27-25-23-21-19-17-15-13-11-9-7-5-2/h32,35,38H,4-31H2,1-3H3. The lowest BCUT2D eigenvalue weighted by atomic mass is 10.0. The lowest BCUT2D eigenvalue weighted by molar-refractivity contribution is -0.196. The van der Waals surface area contributed by atoms with Crippen molar-refractivity contribution in [1.82, 2.24) is 0 Å². The van der Waals surface area contributed by atoms with Crippen LogP contribution in [0.25, 0.3) is 0 Å². The van der Waals surface area contributed by atoms with Gasteiger partial charge in [0.2, 0.25) is 6.29 Å². The second-order valence-electron chi connectivity index (χ2n) is 12.1. The molecule has 0 fully saturated rings. The number of rotatable bonds is 31. The smallest absolute Gasteiger partial charge is 0.308 e. The van der Waals surface area contributed by atoms with Crippen LogP contribution in [-0.2, 0) is 19.1 Å². The Morgan fingerprint density at radius 1 is 0.450 bits per heavy atom. The fourth-order valence-corrected chi connectivity index (χ4v) is 5.19. The van der Waals surface area contributed by atoms with E-state index in [4.69, 9.17) is 9.47 Å². The van der Waals surface area contributed by atoms with Gasteiger partial charge in [-0.2, -0.15) is 0 Å². The Kier molecular flexibility index (Phi) is 30.0. The van der Waals surface area contributed by atoms with Gasteiger partial charge in [0.05, 0.1) is 0 Å². The van der Waals surface area contributed by atoms with Crippen molar-refractivity contribution in [1.29, 1.82) is 0 Å². The minimum atomic E-state index is -1.40. The highest BCUT2D eigenvalue weighted by atomic mass is 16.7. The zero-order chi connectivity index (χ0) is 29.5. The second kappa shape index (κ2) is 30.8. The third-order valence-electron chi connectivity index (χ3n) is 7.94. The van der Waals surface area contributed by atoms with Crippen LogP contribution in [0.5, 0.6) is 0 Å². The van der Waals surface area contributed by atoms with Gasteiger partial charge in [0.25, 0.3) is 0 Å². The first-order chi connectivity index (χ1) is 19.5. The van der Waals surface area contributed by atoms with E-state index in [1.807, 2.05) is 0 Å². The van der Waals surface area contributed by atoms with Gasteiger partial charge in [-0.3, -0.25) is 9.59 Å². The number of aliphatic hydroxyl groups is 1. The Balaban J connectivity index is 3.54. The van der Waals surface area contributed by atoms with Crippen molar-refractivity contribution in [3.8, 4) is 0 Å². The van der Waals surface area contributed by atoms with Crippen molar-refractivity contribution in [2.45, 2.75) is 213 Å². The molecule has 0 heterocycles. The van der Waals surface area contributed by atoms with Gasteiger partial charge in [-0.15, -0.1) is 0 Å². The minimum Gasteiger partial charge on any atom is -0.456 e. The SMILES string of the molecule is CCCCCCCCCCCCCCCC(=O)OC(C)C(O)OC(=O)CCCCCCCCCCCCCCC. The maximum absolute atomic E-state index is 12.1. The van der Waals surface area contributed by atoms with E-state index in [-0.39, 0.29) is 5.97 Å². The van der Waals surface area contributed by atoms with Crippen LogP contribution in [0.1, 0.15) is 201 Å². The van der Waals surface area contributed by atoms with Crippen molar-refractivity contribution in [3.63, 3.8) is 0 Å². The van der Waals surface area contributed by atoms with Crippen LogP contribution in [0.3, 0.4) is 0 Å². The Morgan fingerprint density at radius 2 is 0.700 bits per heavy atom. The van der Waals surface area contributed by atoms with Gasteiger partial charge in [-0.05, 0) is 19.8 Å². The first-order valence-corrected chi connectivity index (χ1v) is 17.6. The van der Waals surface area contributed by atoms with Crippen molar-refractivity contribution in [2.24, 2.45) is 0 Å². The number of hydrogen-bond donors (Lipinski definition) is 1. The lowest BCUT2D eigenvalue weighted by Crippen LogP contribution is -2.32. The van der Waals surface area contributed by atoms with Crippen LogP contribution in [0.4, 0.5) is 0 Å². The number of carbonyl (C=O) groups is 2. The van der Waals surface area contributed by atoms with Crippen molar-refractivity contribution in [2.75, 3.05) is 0 Å². The fraction of sp³-hybridized carbons (Fsp3) is 0.943. The molecular formula is C35H68O5. The molecule has 40 heavy (non-hydrogen) atoms. The average molecular weight is 569 g/mol. The summed E-state index contributed by atoms with van der Waals surface area (Å²) in [6, 6.07) is 0. The third kappa shape index (κ3) is 28.4. The van der Waals surface area contributed by atoms with E-state index in [1.165, 1.54) is 128 Å². The molecular weight excluding hydrogens is 500 g/mol. The minimum absolute atomic E-state index is 0.300. The van der Waals surface area contributed by atoms with E-state index in [0.29, 0.717) is 12.8 Å². The zero-order valence-electron chi connectivity index (χ0n) is 27.0. The van der Waals surface area contributed by atoms with Gasteiger partial charge >= 0.3 is 11.9 Å². The van der Waals surface area contributed by atoms with Crippen molar-refractivity contribution in [3.05, 3.63) is 0 Å². The normalized spacial score (nSPS) is 12.8. The monoisotopic (exact) mass is 569 g/mol. The fourth-order valence-electron chi connectivity index (χ4n) is 5.19. The number of carbonyl (C=O) groups excluding carboxylic acids is 2. The van der Waals surface area contributed by atoms with Gasteiger partial charge in [0.15, 0.2) is 6.10 Å². The molecule has 0 aromatic carbocycles. The maximum atomic E-state index is 12.1. The van der Waals surface area contributed by atoms with Crippen LogP contribution in [0, 0.1) is 0 Å². The third-order valence-corrected chi connectivity index (χ3v) is 7.94. The summed E-state index contributed by atoms with van der Waals surface area (Å²) >= 11 is 0. The van der Waals surface area contributed by atoms with Gasteiger partial charge in [0, 0.05) is 12.8 Å². The number of esters is 2. The molecule has 0 aromatic heterocycles. The van der Waals surface area contributed by atoms with E-state index in [1.54, 1.807) is 6.92 Å². The summed E-state index contributed by atoms with van der Waals surface area (Å²) in [6.07, 6.45) is 31.1. The molecule has 0 spiro atoms. The summed E-state index contributed by atoms with van der Waals surface area (Å²) in [5.74, 6) is -0.753. The van der Waals surface area contributed by atoms with Gasteiger partial charge < -0.3 is 14.6 Å². The molecule has 0 saturated heterocycles. The molecule has 0 rings (SSSR count). The predicted molar refractivity (Wildman–Crippen MR) is 168 cm³/mol. The number of unbranched alkanes of at least 4 members (excludes halogenated alkanes) is 24. The predicted octanol–water partition coefficient (Wildman–Crippen LogP) is 10.7. The molecule has 0 aliphatic carbocycles. The number of hydrogen-bond acceptors (Lipinski definition) is 5. The summed E-state index contributed by atoms with van der Waals surface area (Å²) in [5.41, 5.74) is 0. The molecule has 0 amide bonds. The Hall–Kier alpha value is -1.10. The maximum Gasteiger partial charge on any atom is 0.308 e. The van der Waals surface area contributed by atoms with Crippen molar-refractivity contribution < 1.29 is 24.2 Å². The van der Waals surface area contributed by atoms with Crippen LogP contribution in [0.2, 0.25) is 0 Å². The quantitative estimate of drug-likeness (QED) is 0.0511. The largest absolute Gasteiger partial charge is 0.456 e. The van der Waals surface area contributed by atoms with Gasteiger partial charge in [-0.25, -0.2) is 0 Å². The Morgan fingerprint density at radius 3 is 1.00 bits per heavy atom. The Labute approximate surface area is 248 Å². The molecule has 0 saturated carbocycles. The van der Waals surface area contributed by atoms with Crippen LogP contribution < -0.4 is 0 Å². The first-order valence-electron chi connectivity index (χ1n) is 17.6. The van der Waals surface area contributed by atoms with Crippen molar-refractivity contribution >= 4 is 11.9 Å². The molecule has 0 bridgehead atoms. The topological polar surface area (TPSA) is 72.8 Å². The molecule has 2 atom stereocenters. The molecule has 5 heteroatoms. The number of ether oxygens (including phenoxy) is 2. The molecule has 0 aliphatic rings. The Bertz CT molecular complexity index is 502. The summed E-state index contributed by atoms with van der Waals surface area (Å²) in [6.45, 7) is 6.09. The van der Waals surface area contributed by atoms with E-state index < -0.39 is 18.4 Å². The van der Waals surface area contributed by atoms with Gasteiger partial charge in [-0.1, -0.05) is 168 Å². The van der Waals surface area contributed by atoms with Crippen LogP contribution in [0.15, 0.2) is 0 Å². The van der Waals surface area contributed by atoms with Crippen LogP contribution in [-0.4, -0.2) is 29.4 Å². The van der Waals surface area contributed by atoms with E-state index in [9.17, 15) is 14.7 Å². The van der Waals surface area contributed by atoms with Gasteiger partial charge in [0.1, 0.15) is 0 Å². The summed E-state index contributed by atoms with van der Waals surface area (Å²) in [4.78, 5) is 24.1. The highest BCUT2D eigenvalue weighted by molar-refractivity contribution is 5.70. The molecule has 0 radical (unpaired) electrons. The molecule has 0 aromatic rings. The molecule has 2 unspecified atom stereocenters. The van der Waals surface area contributed by atoms with E-state index in [2.05, 4.69) is 13.8 Å². The molecule has 0 aliphatic heterocycles. The molecule has 238 valence electrons. The van der Waals surface area contributed by atoms with E-state index >= 15 is 0 Å². The zero-order valence-corrected chi connectivity index (χ0v) is 27.0. The molecule has 1 N–H and O–H groups in total. The first kappa shape index (κ1) is 38.9. The van der Waals surface area contributed by atoms with E-state index in [0.717, 1.165) is 38.5 Å². The summed E-state index contributed by atoms with van der Waals surface area (Å²) in [7, 11) is 0. The van der Waals surface area contributed by atoms with Crippen LogP contribution >= 0.6 is 0 Å². The molecule has 5 nitrogen and oxygen atoms in total. The lowest BCUT2D eigenvalue weighted by Gasteiger charge is -2.19. The summed E-state index contributed by atoms with van der Waals surface area (Å²) < 4.78 is 10.4. The highest BCUT2D eigenvalue weighted by Gasteiger charge is 2.22. The highest BCUT2D eigenvalue weighted by Crippen LogP contribution is 2.15. The average Bonchev–Trinajstić information content (AvgIpc) is 2.93. The number of aliphatic hydroxyl groups excluding tert-OH is 1. The summed E-state index contributed by atoms with van der Waals surface area (Å²) in [5, 5.41) is 10.1.